The highest BCUT2D eigenvalue weighted by atomic mass is 16.1. The smallest absolute Gasteiger partial charge is 0.133 e. The highest BCUT2D eigenvalue weighted by Gasteiger charge is 2.63. The predicted octanol–water partition coefficient (Wildman–Crippen LogP) is 5.16. The first-order chi connectivity index (χ1) is 11.8. The molecule has 2 heteroatoms. The van der Waals surface area contributed by atoms with Gasteiger partial charge in [-0.15, -0.1) is 0 Å². The molecule has 0 heterocycles. The molecule has 4 aliphatic rings. The lowest BCUT2D eigenvalue weighted by molar-refractivity contribution is -0.151. The van der Waals surface area contributed by atoms with Crippen LogP contribution in [0, 0.1) is 40.4 Å². The fourth-order valence-electron chi connectivity index (χ4n) is 8.59. The molecule has 8 unspecified atom stereocenters. The number of rotatable bonds is 2. The summed E-state index contributed by atoms with van der Waals surface area (Å²) in [6.07, 6.45) is 12.4. The molecular weight excluding hydrogens is 306 g/mol. The molecule has 0 aliphatic heterocycles. The van der Waals surface area contributed by atoms with Gasteiger partial charge in [0, 0.05) is 12.0 Å². The Kier molecular flexibility index (Phi) is 4.38. The molecule has 0 bridgehead atoms. The third kappa shape index (κ3) is 2.49. The van der Waals surface area contributed by atoms with Crippen LogP contribution in [0.4, 0.5) is 0 Å². The Labute approximate surface area is 155 Å². The fraction of sp³-hybridized carbons (Fsp3) is 0.957. The van der Waals surface area contributed by atoms with E-state index in [0.29, 0.717) is 23.2 Å². The lowest BCUT2D eigenvalue weighted by Crippen LogP contribution is -2.61. The van der Waals surface area contributed by atoms with Crippen LogP contribution in [0.25, 0.3) is 0 Å². The van der Waals surface area contributed by atoms with E-state index in [1.165, 1.54) is 51.4 Å². The van der Waals surface area contributed by atoms with Gasteiger partial charge in [0.15, 0.2) is 0 Å². The zero-order chi connectivity index (χ0) is 18.0. The van der Waals surface area contributed by atoms with E-state index in [-0.39, 0.29) is 5.41 Å². The van der Waals surface area contributed by atoms with Crippen molar-refractivity contribution in [3.05, 3.63) is 0 Å². The average molecular weight is 346 g/mol. The molecule has 0 amide bonds. The molecule has 0 aromatic heterocycles. The lowest BCUT2D eigenvalue weighted by atomic mass is 9.43. The molecule has 4 aliphatic carbocycles. The Hall–Kier alpha value is -0.370. The Morgan fingerprint density at radius 3 is 2.40 bits per heavy atom. The van der Waals surface area contributed by atoms with Gasteiger partial charge in [0.25, 0.3) is 0 Å². The molecule has 0 spiro atoms. The van der Waals surface area contributed by atoms with Crippen molar-refractivity contribution in [1.82, 2.24) is 4.90 Å². The summed E-state index contributed by atoms with van der Waals surface area (Å²) in [5, 5.41) is 0. The zero-order valence-electron chi connectivity index (χ0n) is 17.2. The molecule has 2 nitrogen and oxygen atoms in total. The average Bonchev–Trinajstić information content (AvgIpc) is 2.90. The van der Waals surface area contributed by atoms with Gasteiger partial charge in [0.2, 0.25) is 0 Å². The van der Waals surface area contributed by atoms with Crippen LogP contribution in [0.15, 0.2) is 0 Å². The molecule has 0 aromatic rings. The molecule has 0 aromatic carbocycles. The van der Waals surface area contributed by atoms with Crippen LogP contribution < -0.4 is 0 Å². The first kappa shape index (κ1) is 18.0. The summed E-state index contributed by atoms with van der Waals surface area (Å²) in [7, 11) is 4.61. The van der Waals surface area contributed by atoms with Crippen LogP contribution in [0.1, 0.15) is 78.6 Å². The molecule has 8 atom stereocenters. The van der Waals surface area contributed by atoms with E-state index in [4.69, 9.17) is 0 Å². The van der Waals surface area contributed by atoms with Crippen molar-refractivity contribution in [2.24, 2.45) is 40.4 Å². The van der Waals surface area contributed by atoms with Gasteiger partial charge in [-0.2, -0.15) is 0 Å². The van der Waals surface area contributed by atoms with Crippen LogP contribution in [0.3, 0.4) is 0 Å². The fourth-order valence-corrected chi connectivity index (χ4v) is 8.59. The highest BCUT2D eigenvalue weighted by molar-refractivity contribution is 5.79. The summed E-state index contributed by atoms with van der Waals surface area (Å²) in [5.41, 5.74) is 0.797. The maximum Gasteiger partial charge on any atom is 0.133 e. The topological polar surface area (TPSA) is 20.3 Å². The molecule has 142 valence electrons. The van der Waals surface area contributed by atoms with Crippen LogP contribution >= 0.6 is 0 Å². The molecular formula is C23H39NO. The van der Waals surface area contributed by atoms with E-state index < -0.39 is 0 Å². The molecule has 25 heavy (non-hydrogen) atoms. The van der Waals surface area contributed by atoms with Crippen molar-refractivity contribution >= 4 is 5.78 Å². The van der Waals surface area contributed by atoms with Gasteiger partial charge < -0.3 is 4.90 Å². The van der Waals surface area contributed by atoms with Crippen molar-refractivity contribution in [2.45, 2.75) is 84.6 Å². The number of carbonyl (C=O) groups excluding carboxylic acids is 1. The molecule has 0 N–H and O–H groups in total. The van der Waals surface area contributed by atoms with Crippen molar-refractivity contribution in [2.75, 3.05) is 14.1 Å². The summed E-state index contributed by atoms with van der Waals surface area (Å²) in [6.45, 7) is 7.00. The second kappa shape index (κ2) is 6.08. The molecule has 4 saturated carbocycles. The second-order valence-corrected chi connectivity index (χ2v) is 10.8. The number of hydrogen-bond donors (Lipinski definition) is 0. The number of fused-ring (bicyclic) bond motifs is 5. The number of nitrogens with zero attached hydrogens (tertiary/aromatic N) is 1. The van der Waals surface area contributed by atoms with E-state index in [0.717, 1.165) is 30.1 Å². The van der Waals surface area contributed by atoms with E-state index in [2.05, 4.69) is 32.8 Å². The van der Waals surface area contributed by atoms with Crippen LogP contribution in [-0.2, 0) is 4.79 Å². The number of hydrogen-bond acceptors (Lipinski definition) is 2. The Bertz CT molecular complexity index is 542. The largest absolute Gasteiger partial charge is 0.306 e. The molecule has 0 saturated heterocycles. The first-order valence-corrected chi connectivity index (χ1v) is 11.0. The monoisotopic (exact) mass is 345 g/mol. The summed E-state index contributed by atoms with van der Waals surface area (Å²) in [4.78, 5) is 15.0. The standard InChI is InChI=1S/C23H39NO/c1-15(25)18-11-12-19-17-10-9-16-8-6-7-13-22(16,2)21(17)20(24(4)5)14-23(18,19)3/h16-21H,6-14H2,1-5H3. The first-order valence-electron chi connectivity index (χ1n) is 11.0. The van der Waals surface area contributed by atoms with Crippen molar-refractivity contribution in [1.29, 1.82) is 0 Å². The minimum atomic E-state index is 0.250. The van der Waals surface area contributed by atoms with E-state index in [1.54, 1.807) is 0 Å². The van der Waals surface area contributed by atoms with E-state index in [9.17, 15) is 4.79 Å². The maximum absolute atomic E-state index is 12.4. The van der Waals surface area contributed by atoms with E-state index >= 15 is 0 Å². The van der Waals surface area contributed by atoms with Gasteiger partial charge in [-0.1, -0.05) is 26.7 Å². The number of ketones is 1. The lowest BCUT2D eigenvalue weighted by Gasteiger charge is -2.64. The quantitative estimate of drug-likeness (QED) is 0.688. The maximum atomic E-state index is 12.4. The molecule has 0 radical (unpaired) electrons. The van der Waals surface area contributed by atoms with Crippen LogP contribution in [0.2, 0.25) is 0 Å². The minimum absolute atomic E-state index is 0.250. The van der Waals surface area contributed by atoms with Gasteiger partial charge in [-0.3, -0.25) is 4.79 Å². The highest BCUT2D eigenvalue weighted by Crippen LogP contribution is 2.68. The van der Waals surface area contributed by atoms with Gasteiger partial charge >= 0.3 is 0 Å². The number of carbonyl (C=O) groups is 1. The van der Waals surface area contributed by atoms with Crippen molar-refractivity contribution < 1.29 is 4.79 Å². The molecule has 4 rings (SSSR count). The summed E-state index contributed by atoms with van der Waals surface area (Å²) in [5.74, 6) is 4.23. The summed E-state index contributed by atoms with van der Waals surface area (Å²) >= 11 is 0. The van der Waals surface area contributed by atoms with Gasteiger partial charge in [0.05, 0.1) is 0 Å². The van der Waals surface area contributed by atoms with Gasteiger partial charge in [-0.25, -0.2) is 0 Å². The van der Waals surface area contributed by atoms with Gasteiger partial charge in [-0.05, 0) is 100 Å². The van der Waals surface area contributed by atoms with Gasteiger partial charge in [0.1, 0.15) is 5.78 Å². The third-order valence-corrected chi connectivity index (χ3v) is 9.67. The summed E-state index contributed by atoms with van der Waals surface area (Å²) in [6, 6.07) is 0.664. The zero-order valence-corrected chi connectivity index (χ0v) is 17.2. The Morgan fingerprint density at radius 1 is 0.960 bits per heavy atom. The Balaban J connectivity index is 1.74. The number of Topliss-reactive ketones (excluding diaryl/α,β-unsaturated/α-hetero) is 1. The van der Waals surface area contributed by atoms with Crippen LogP contribution in [0.5, 0.6) is 0 Å². The Morgan fingerprint density at radius 2 is 1.72 bits per heavy atom. The SMILES string of the molecule is CC(=O)C1CCC2C3CCC4CCCCC4(C)C3C(N(C)C)CC12C. The summed E-state index contributed by atoms with van der Waals surface area (Å²) < 4.78 is 0. The van der Waals surface area contributed by atoms with Crippen molar-refractivity contribution in [3.8, 4) is 0 Å². The van der Waals surface area contributed by atoms with Crippen molar-refractivity contribution in [3.63, 3.8) is 0 Å². The normalized spacial score (nSPS) is 52.4. The molecule has 4 fully saturated rings. The van der Waals surface area contributed by atoms with Crippen LogP contribution in [-0.4, -0.2) is 30.8 Å². The third-order valence-electron chi connectivity index (χ3n) is 9.67. The minimum Gasteiger partial charge on any atom is -0.306 e. The second-order valence-electron chi connectivity index (χ2n) is 10.8. The predicted molar refractivity (Wildman–Crippen MR) is 103 cm³/mol. The van der Waals surface area contributed by atoms with E-state index in [1.807, 2.05) is 6.92 Å².